The van der Waals surface area contributed by atoms with Crippen LogP contribution in [0.5, 0.6) is 0 Å². The maximum Gasteiger partial charge on any atom is 0.225 e. The number of anilines is 2. The summed E-state index contributed by atoms with van der Waals surface area (Å²) in [7, 11) is 0. The molecule has 0 unspecified atom stereocenters. The molecule has 0 aliphatic carbocycles. The van der Waals surface area contributed by atoms with Gasteiger partial charge in [0.15, 0.2) is 0 Å². The highest BCUT2D eigenvalue weighted by atomic mass is 15.2. The van der Waals surface area contributed by atoms with Gasteiger partial charge in [-0.2, -0.15) is 4.98 Å². The second kappa shape index (κ2) is 5.66. The van der Waals surface area contributed by atoms with Crippen molar-refractivity contribution >= 4 is 11.8 Å². The Bertz CT molecular complexity index is 383. The molecule has 0 atom stereocenters. The average molecular weight is 232 g/mol. The summed E-state index contributed by atoms with van der Waals surface area (Å²) in [6.07, 6.45) is 5.67. The highest BCUT2D eigenvalue weighted by Crippen LogP contribution is 2.19. The number of piperidine rings is 1. The SMILES string of the molecule is C=CCNc1nc(C)cc(N2CCCCC2)n1. The molecule has 1 aliphatic rings. The molecule has 92 valence electrons. The molecule has 1 fully saturated rings. The van der Waals surface area contributed by atoms with Gasteiger partial charge in [0.2, 0.25) is 5.95 Å². The monoisotopic (exact) mass is 232 g/mol. The number of nitrogens with zero attached hydrogens (tertiary/aromatic N) is 3. The van der Waals surface area contributed by atoms with E-state index in [1.54, 1.807) is 0 Å². The fraction of sp³-hybridized carbons (Fsp3) is 0.538. The zero-order valence-electron chi connectivity index (χ0n) is 10.4. The van der Waals surface area contributed by atoms with Crippen LogP contribution >= 0.6 is 0 Å². The minimum atomic E-state index is 0.697. The summed E-state index contributed by atoms with van der Waals surface area (Å²) >= 11 is 0. The molecule has 1 aromatic rings. The number of rotatable bonds is 4. The van der Waals surface area contributed by atoms with Gasteiger partial charge in [0.05, 0.1) is 0 Å². The zero-order valence-corrected chi connectivity index (χ0v) is 10.4. The third-order valence-corrected chi connectivity index (χ3v) is 2.93. The van der Waals surface area contributed by atoms with Gasteiger partial charge in [-0.05, 0) is 26.2 Å². The summed E-state index contributed by atoms with van der Waals surface area (Å²) in [6.45, 7) is 8.60. The van der Waals surface area contributed by atoms with Crippen LogP contribution in [0, 0.1) is 6.92 Å². The zero-order chi connectivity index (χ0) is 12.1. The first-order valence-electron chi connectivity index (χ1n) is 6.25. The van der Waals surface area contributed by atoms with E-state index in [2.05, 4.69) is 32.8 Å². The molecule has 0 radical (unpaired) electrons. The molecule has 1 aliphatic heterocycles. The molecule has 2 rings (SSSR count). The molecule has 0 amide bonds. The molecular weight excluding hydrogens is 212 g/mol. The van der Waals surface area contributed by atoms with E-state index in [9.17, 15) is 0 Å². The molecule has 17 heavy (non-hydrogen) atoms. The van der Waals surface area contributed by atoms with Crippen molar-refractivity contribution in [3.63, 3.8) is 0 Å². The lowest BCUT2D eigenvalue weighted by Gasteiger charge is -2.28. The topological polar surface area (TPSA) is 41.1 Å². The molecule has 0 bridgehead atoms. The van der Waals surface area contributed by atoms with Crippen LogP contribution in [0.1, 0.15) is 25.0 Å². The third kappa shape index (κ3) is 3.19. The van der Waals surface area contributed by atoms with Crippen LogP contribution in [0.15, 0.2) is 18.7 Å². The maximum absolute atomic E-state index is 4.55. The van der Waals surface area contributed by atoms with E-state index in [1.165, 1.54) is 19.3 Å². The van der Waals surface area contributed by atoms with Crippen LogP contribution in [-0.2, 0) is 0 Å². The van der Waals surface area contributed by atoms with Crippen molar-refractivity contribution in [1.82, 2.24) is 9.97 Å². The van der Waals surface area contributed by atoms with E-state index >= 15 is 0 Å². The van der Waals surface area contributed by atoms with Crippen molar-refractivity contribution < 1.29 is 0 Å². The van der Waals surface area contributed by atoms with Crippen molar-refractivity contribution in [2.75, 3.05) is 29.9 Å². The van der Waals surface area contributed by atoms with Crippen molar-refractivity contribution in [1.29, 1.82) is 0 Å². The van der Waals surface area contributed by atoms with Crippen LogP contribution < -0.4 is 10.2 Å². The van der Waals surface area contributed by atoms with Crippen LogP contribution in [-0.4, -0.2) is 29.6 Å². The van der Waals surface area contributed by atoms with Gasteiger partial charge in [0.25, 0.3) is 0 Å². The normalized spacial score (nSPS) is 15.7. The molecule has 1 N–H and O–H groups in total. The average Bonchev–Trinajstić information content (AvgIpc) is 2.37. The third-order valence-electron chi connectivity index (χ3n) is 2.93. The summed E-state index contributed by atoms with van der Waals surface area (Å²) in [4.78, 5) is 11.3. The van der Waals surface area contributed by atoms with Crippen LogP contribution in [0.2, 0.25) is 0 Å². The Kier molecular flexibility index (Phi) is 3.96. The fourth-order valence-electron chi connectivity index (χ4n) is 2.08. The van der Waals surface area contributed by atoms with E-state index in [0.717, 1.165) is 24.6 Å². The van der Waals surface area contributed by atoms with Gasteiger partial charge < -0.3 is 10.2 Å². The number of hydrogen-bond acceptors (Lipinski definition) is 4. The summed E-state index contributed by atoms with van der Waals surface area (Å²) < 4.78 is 0. The second-order valence-electron chi connectivity index (χ2n) is 4.41. The molecule has 4 heteroatoms. The standard InChI is InChI=1S/C13H20N4/c1-3-7-14-13-15-11(2)10-12(16-13)17-8-5-4-6-9-17/h3,10H,1,4-9H2,2H3,(H,14,15,16). The predicted octanol–water partition coefficient (Wildman–Crippen LogP) is 2.37. The lowest BCUT2D eigenvalue weighted by molar-refractivity contribution is 0.573. The van der Waals surface area contributed by atoms with Gasteiger partial charge in [0.1, 0.15) is 5.82 Å². The van der Waals surface area contributed by atoms with Gasteiger partial charge in [-0.15, -0.1) is 6.58 Å². The van der Waals surface area contributed by atoms with Gasteiger partial charge >= 0.3 is 0 Å². The Morgan fingerprint density at radius 2 is 2.12 bits per heavy atom. The minimum Gasteiger partial charge on any atom is -0.356 e. The maximum atomic E-state index is 4.55. The van der Waals surface area contributed by atoms with Crippen molar-refractivity contribution in [3.05, 3.63) is 24.4 Å². The molecule has 0 aromatic carbocycles. The number of hydrogen-bond donors (Lipinski definition) is 1. The lowest BCUT2D eigenvalue weighted by atomic mass is 10.1. The first-order chi connectivity index (χ1) is 8.29. The van der Waals surface area contributed by atoms with Gasteiger partial charge in [-0.25, -0.2) is 4.98 Å². The first-order valence-corrected chi connectivity index (χ1v) is 6.25. The van der Waals surface area contributed by atoms with E-state index in [-0.39, 0.29) is 0 Å². The van der Waals surface area contributed by atoms with Crippen LogP contribution in [0.4, 0.5) is 11.8 Å². The lowest BCUT2D eigenvalue weighted by Crippen LogP contribution is -2.30. The molecule has 4 nitrogen and oxygen atoms in total. The minimum absolute atomic E-state index is 0.697. The van der Waals surface area contributed by atoms with E-state index < -0.39 is 0 Å². The number of aromatic nitrogens is 2. The molecule has 0 spiro atoms. The van der Waals surface area contributed by atoms with Crippen molar-refractivity contribution in [2.45, 2.75) is 26.2 Å². The fourth-order valence-corrected chi connectivity index (χ4v) is 2.08. The highest BCUT2D eigenvalue weighted by molar-refractivity contribution is 5.45. The Morgan fingerprint density at radius 3 is 2.82 bits per heavy atom. The smallest absolute Gasteiger partial charge is 0.225 e. The first kappa shape index (κ1) is 11.9. The van der Waals surface area contributed by atoms with Crippen LogP contribution in [0.3, 0.4) is 0 Å². The quantitative estimate of drug-likeness (QED) is 0.809. The molecule has 0 saturated carbocycles. The second-order valence-corrected chi connectivity index (χ2v) is 4.41. The van der Waals surface area contributed by atoms with E-state index in [1.807, 2.05) is 13.0 Å². The number of nitrogens with one attached hydrogen (secondary N) is 1. The highest BCUT2D eigenvalue weighted by Gasteiger charge is 2.13. The van der Waals surface area contributed by atoms with E-state index in [0.29, 0.717) is 12.5 Å². The summed E-state index contributed by atoms with van der Waals surface area (Å²) in [6, 6.07) is 2.06. The van der Waals surface area contributed by atoms with E-state index in [4.69, 9.17) is 0 Å². The number of aryl methyl sites for hydroxylation is 1. The van der Waals surface area contributed by atoms with Gasteiger partial charge in [-0.3, -0.25) is 0 Å². The Hall–Kier alpha value is -1.58. The summed E-state index contributed by atoms with van der Waals surface area (Å²) in [5.41, 5.74) is 1.01. The Morgan fingerprint density at radius 1 is 1.35 bits per heavy atom. The largest absolute Gasteiger partial charge is 0.356 e. The van der Waals surface area contributed by atoms with Gasteiger partial charge in [-0.1, -0.05) is 6.08 Å². The Labute approximate surface area is 103 Å². The summed E-state index contributed by atoms with van der Waals surface area (Å²) in [5, 5.41) is 3.15. The molecule has 1 aromatic heterocycles. The van der Waals surface area contributed by atoms with Crippen LogP contribution in [0.25, 0.3) is 0 Å². The van der Waals surface area contributed by atoms with Crippen molar-refractivity contribution in [3.8, 4) is 0 Å². The molecular formula is C13H20N4. The van der Waals surface area contributed by atoms with Crippen molar-refractivity contribution in [2.24, 2.45) is 0 Å². The molecule has 2 heterocycles. The summed E-state index contributed by atoms with van der Waals surface area (Å²) in [5.74, 6) is 1.74. The molecule has 1 saturated heterocycles. The predicted molar refractivity (Wildman–Crippen MR) is 71.5 cm³/mol. The van der Waals surface area contributed by atoms with Gasteiger partial charge in [0, 0.05) is 31.4 Å². The Balaban J connectivity index is 2.14.